The van der Waals surface area contributed by atoms with Crippen molar-refractivity contribution in [3.05, 3.63) is 35.2 Å². The first-order valence-corrected chi connectivity index (χ1v) is 5.57. The Kier molecular flexibility index (Phi) is 2.88. The molecule has 0 N–H and O–H groups in total. The van der Waals surface area contributed by atoms with Crippen LogP contribution >= 0.6 is 11.3 Å². The van der Waals surface area contributed by atoms with Crippen LogP contribution in [0.5, 0.6) is 0 Å². The van der Waals surface area contributed by atoms with E-state index in [1.165, 1.54) is 18.3 Å². The van der Waals surface area contributed by atoms with Crippen LogP contribution in [0.4, 0.5) is 0 Å². The van der Waals surface area contributed by atoms with E-state index in [0.717, 1.165) is 15.0 Å². The third-order valence-corrected chi connectivity index (χ3v) is 3.26. The summed E-state index contributed by atoms with van der Waals surface area (Å²) in [6.45, 7) is 1.30. The van der Waals surface area contributed by atoms with E-state index in [0.29, 0.717) is 0 Å². The second-order valence-corrected chi connectivity index (χ2v) is 4.42. The maximum absolute atomic E-state index is 10.8. The highest BCUT2D eigenvalue weighted by Crippen LogP contribution is 2.31. The van der Waals surface area contributed by atoms with Crippen LogP contribution in [-0.2, 0) is 9.53 Å². The van der Waals surface area contributed by atoms with Gasteiger partial charge in [-0.2, -0.15) is 5.26 Å². The van der Waals surface area contributed by atoms with Crippen molar-refractivity contribution in [1.82, 2.24) is 0 Å². The van der Waals surface area contributed by atoms with Crippen molar-refractivity contribution in [2.24, 2.45) is 0 Å². The number of rotatable bonds is 2. The smallest absolute Gasteiger partial charge is 0.304 e. The summed E-state index contributed by atoms with van der Waals surface area (Å²) in [5, 5.41) is 10.00. The van der Waals surface area contributed by atoms with Gasteiger partial charge in [-0.25, -0.2) is 0 Å². The minimum atomic E-state index is -0.796. The van der Waals surface area contributed by atoms with E-state index < -0.39 is 12.1 Å². The molecule has 16 heavy (non-hydrogen) atoms. The molecule has 0 spiro atoms. The second-order valence-electron chi connectivity index (χ2n) is 3.31. The Morgan fingerprint density at radius 1 is 1.50 bits per heavy atom. The lowest BCUT2D eigenvalue weighted by Crippen LogP contribution is -2.04. The van der Waals surface area contributed by atoms with E-state index in [1.54, 1.807) is 0 Å². The second kappa shape index (κ2) is 4.33. The first kappa shape index (κ1) is 10.7. The number of fused-ring (bicyclic) bond motifs is 1. The number of hydrogen-bond donors (Lipinski definition) is 0. The van der Waals surface area contributed by atoms with Crippen molar-refractivity contribution < 1.29 is 9.53 Å². The number of nitrogens with zero attached hydrogens (tertiary/aromatic N) is 1. The number of benzene rings is 1. The summed E-state index contributed by atoms with van der Waals surface area (Å²) in [6.07, 6.45) is -0.796. The Hall–Kier alpha value is -1.86. The quantitative estimate of drug-likeness (QED) is 0.746. The van der Waals surface area contributed by atoms with Crippen molar-refractivity contribution in [3.8, 4) is 6.07 Å². The van der Waals surface area contributed by atoms with E-state index in [4.69, 9.17) is 10.00 Å². The van der Waals surface area contributed by atoms with Gasteiger partial charge in [0.05, 0.1) is 4.88 Å². The van der Waals surface area contributed by atoms with Gasteiger partial charge in [0.15, 0.2) is 0 Å². The fraction of sp³-hybridized carbons (Fsp3) is 0.167. The Morgan fingerprint density at radius 3 is 2.88 bits per heavy atom. The third kappa shape index (κ3) is 2.05. The summed E-state index contributed by atoms with van der Waals surface area (Å²) in [5.74, 6) is -0.441. The number of nitriles is 1. The molecule has 0 aliphatic rings. The van der Waals surface area contributed by atoms with Crippen LogP contribution in [0.2, 0.25) is 0 Å². The first-order chi connectivity index (χ1) is 7.70. The Morgan fingerprint density at radius 2 is 2.25 bits per heavy atom. The summed E-state index contributed by atoms with van der Waals surface area (Å²) in [6, 6.07) is 11.7. The van der Waals surface area contributed by atoms with E-state index in [2.05, 4.69) is 0 Å². The minimum absolute atomic E-state index is 0.441. The largest absolute Gasteiger partial charge is 0.441 e. The number of hydrogen-bond acceptors (Lipinski definition) is 4. The molecule has 4 heteroatoms. The summed E-state index contributed by atoms with van der Waals surface area (Å²) in [5.41, 5.74) is 0. The standard InChI is InChI=1S/C12H9NO2S/c1-8(14)15-10(7-13)12-6-9-4-2-3-5-11(9)16-12/h2-6,10H,1H3/t10-/m0/s1. The van der Waals surface area contributed by atoms with Crippen LogP contribution in [0.1, 0.15) is 17.9 Å². The van der Waals surface area contributed by atoms with E-state index in [9.17, 15) is 4.79 Å². The average Bonchev–Trinajstić information content (AvgIpc) is 2.68. The highest BCUT2D eigenvalue weighted by Gasteiger charge is 2.16. The molecule has 3 nitrogen and oxygen atoms in total. The molecular weight excluding hydrogens is 222 g/mol. The van der Waals surface area contributed by atoms with Crippen molar-refractivity contribution in [2.45, 2.75) is 13.0 Å². The van der Waals surface area contributed by atoms with Crippen molar-refractivity contribution in [2.75, 3.05) is 0 Å². The molecule has 0 saturated carbocycles. The molecule has 0 aliphatic carbocycles. The van der Waals surface area contributed by atoms with Gasteiger partial charge in [0.1, 0.15) is 6.07 Å². The van der Waals surface area contributed by atoms with Gasteiger partial charge in [0, 0.05) is 11.6 Å². The number of carbonyl (C=O) groups excluding carboxylic acids is 1. The molecule has 2 rings (SSSR count). The third-order valence-electron chi connectivity index (χ3n) is 2.10. The normalized spacial score (nSPS) is 12.0. The number of esters is 1. The summed E-state index contributed by atoms with van der Waals surface area (Å²) in [4.78, 5) is 11.6. The summed E-state index contributed by atoms with van der Waals surface area (Å²) >= 11 is 1.47. The fourth-order valence-corrected chi connectivity index (χ4v) is 2.48. The predicted octanol–water partition coefficient (Wildman–Crippen LogP) is 3.03. The topological polar surface area (TPSA) is 50.1 Å². The van der Waals surface area contributed by atoms with Crippen LogP contribution in [0.25, 0.3) is 10.1 Å². The Balaban J connectivity index is 2.38. The highest BCUT2D eigenvalue weighted by atomic mass is 32.1. The van der Waals surface area contributed by atoms with Crippen LogP contribution in [0, 0.1) is 11.3 Å². The highest BCUT2D eigenvalue weighted by molar-refractivity contribution is 7.19. The van der Waals surface area contributed by atoms with Gasteiger partial charge >= 0.3 is 5.97 Å². The van der Waals surface area contributed by atoms with Crippen LogP contribution < -0.4 is 0 Å². The zero-order valence-corrected chi connectivity index (χ0v) is 9.45. The molecule has 0 fully saturated rings. The molecule has 0 aliphatic heterocycles. The van der Waals surface area contributed by atoms with Crippen LogP contribution in [0.3, 0.4) is 0 Å². The molecule has 80 valence electrons. The van der Waals surface area contributed by atoms with Gasteiger partial charge in [-0.15, -0.1) is 11.3 Å². The SMILES string of the molecule is CC(=O)O[C@@H](C#N)c1cc2ccccc2s1. The molecule has 2 aromatic rings. The predicted molar refractivity (Wildman–Crippen MR) is 61.9 cm³/mol. The van der Waals surface area contributed by atoms with Crippen LogP contribution in [0.15, 0.2) is 30.3 Å². The average molecular weight is 231 g/mol. The number of carbonyl (C=O) groups is 1. The monoisotopic (exact) mass is 231 g/mol. The van der Waals surface area contributed by atoms with Gasteiger partial charge in [-0.3, -0.25) is 4.79 Å². The van der Waals surface area contributed by atoms with Crippen molar-refractivity contribution in [1.29, 1.82) is 5.26 Å². The maximum Gasteiger partial charge on any atom is 0.304 e. The van der Waals surface area contributed by atoms with Gasteiger partial charge in [-0.05, 0) is 17.5 Å². The number of thiophene rings is 1. The van der Waals surface area contributed by atoms with E-state index in [-0.39, 0.29) is 0 Å². The molecule has 1 heterocycles. The van der Waals surface area contributed by atoms with Gasteiger partial charge < -0.3 is 4.74 Å². The Bertz CT molecular complexity index is 535. The summed E-state index contributed by atoms with van der Waals surface area (Å²) < 4.78 is 6.01. The molecule has 0 saturated heterocycles. The van der Waals surface area contributed by atoms with Gasteiger partial charge in [0.2, 0.25) is 6.10 Å². The minimum Gasteiger partial charge on any atom is -0.441 e. The molecule has 0 amide bonds. The molecule has 0 bridgehead atoms. The van der Waals surface area contributed by atoms with Gasteiger partial charge in [0.25, 0.3) is 0 Å². The zero-order chi connectivity index (χ0) is 11.5. The molecule has 1 aromatic carbocycles. The van der Waals surface area contributed by atoms with E-state index >= 15 is 0 Å². The molecule has 1 atom stereocenters. The fourth-order valence-electron chi connectivity index (χ4n) is 1.45. The lowest BCUT2D eigenvalue weighted by atomic mass is 10.2. The number of ether oxygens (including phenoxy) is 1. The Labute approximate surface area is 96.9 Å². The summed E-state index contributed by atoms with van der Waals surface area (Å²) in [7, 11) is 0. The first-order valence-electron chi connectivity index (χ1n) is 4.76. The molecule has 0 radical (unpaired) electrons. The van der Waals surface area contributed by atoms with Crippen molar-refractivity contribution in [3.63, 3.8) is 0 Å². The molecule has 1 aromatic heterocycles. The molecular formula is C12H9NO2S. The van der Waals surface area contributed by atoms with Crippen molar-refractivity contribution >= 4 is 27.4 Å². The van der Waals surface area contributed by atoms with Gasteiger partial charge in [-0.1, -0.05) is 18.2 Å². The zero-order valence-electron chi connectivity index (χ0n) is 8.64. The lowest BCUT2D eigenvalue weighted by molar-refractivity contribution is -0.144. The lowest BCUT2D eigenvalue weighted by Gasteiger charge is -2.05. The van der Waals surface area contributed by atoms with E-state index in [1.807, 2.05) is 36.4 Å². The molecule has 0 unspecified atom stereocenters. The van der Waals surface area contributed by atoms with Crippen LogP contribution in [-0.4, -0.2) is 5.97 Å². The maximum atomic E-state index is 10.8.